The second kappa shape index (κ2) is 10.6. The molecule has 8 heteroatoms. The van der Waals surface area contributed by atoms with Crippen LogP contribution in [0.25, 0.3) is 0 Å². The Balaban J connectivity index is 1.32. The summed E-state index contributed by atoms with van der Waals surface area (Å²) in [5.74, 6) is -0.872. The minimum Gasteiger partial charge on any atom is -0.491 e. The first-order valence-corrected chi connectivity index (χ1v) is 10.5. The van der Waals surface area contributed by atoms with Crippen molar-refractivity contribution in [3.05, 3.63) is 65.2 Å². The van der Waals surface area contributed by atoms with Gasteiger partial charge in [-0.2, -0.15) is 0 Å². The fourth-order valence-electron chi connectivity index (χ4n) is 3.26. The number of benzene rings is 2. The summed E-state index contributed by atoms with van der Waals surface area (Å²) < 4.78 is 10.6. The highest BCUT2D eigenvalue weighted by Gasteiger charge is 2.34. The lowest BCUT2D eigenvalue weighted by atomic mass is 10.1. The van der Waals surface area contributed by atoms with E-state index in [0.717, 1.165) is 0 Å². The van der Waals surface area contributed by atoms with Gasteiger partial charge < -0.3 is 14.8 Å². The minimum atomic E-state index is -0.557. The predicted molar refractivity (Wildman–Crippen MR) is 117 cm³/mol. The standard InChI is InChI=1S/C24H26N2O6/c1-16(2)32-18-11-9-17(10-12-18)22(28)25-15-21(27)31-14-6-5-13-26-23(29)19-7-3-4-8-20(19)24(26)30/h3-4,7-12,16H,5-6,13-15H2,1-2H3,(H,25,28). The summed E-state index contributed by atoms with van der Waals surface area (Å²) in [6.45, 7) is 3.98. The molecule has 0 radical (unpaired) electrons. The number of nitrogens with one attached hydrogen (secondary N) is 1. The van der Waals surface area contributed by atoms with Crippen molar-refractivity contribution in [3.8, 4) is 5.75 Å². The van der Waals surface area contributed by atoms with Crippen LogP contribution in [0.2, 0.25) is 0 Å². The molecule has 168 valence electrons. The molecule has 0 bridgehead atoms. The molecule has 0 aromatic heterocycles. The number of fused-ring (bicyclic) bond motifs is 1. The second-order valence-corrected chi connectivity index (χ2v) is 7.61. The minimum absolute atomic E-state index is 0.0390. The van der Waals surface area contributed by atoms with E-state index in [4.69, 9.17) is 9.47 Å². The summed E-state index contributed by atoms with van der Waals surface area (Å²) in [5, 5.41) is 2.51. The second-order valence-electron chi connectivity index (χ2n) is 7.61. The largest absolute Gasteiger partial charge is 0.491 e. The number of rotatable bonds is 10. The van der Waals surface area contributed by atoms with E-state index in [1.165, 1.54) is 4.90 Å². The number of carbonyl (C=O) groups is 4. The van der Waals surface area contributed by atoms with Crippen LogP contribution < -0.4 is 10.1 Å². The van der Waals surface area contributed by atoms with Crippen LogP contribution in [0.15, 0.2) is 48.5 Å². The van der Waals surface area contributed by atoms with Gasteiger partial charge in [-0.05, 0) is 63.1 Å². The SMILES string of the molecule is CC(C)Oc1ccc(C(=O)NCC(=O)OCCCCN2C(=O)c3ccccc3C2=O)cc1. The van der Waals surface area contributed by atoms with Crippen molar-refractivity contribution in [2.24, 2.45) is 0 Å². The van der Waals surface area contributed by atoms with Gasteiger partial charge in [-0.3, -0.25) is 24.1 Å². The Morgan fingerprint density at radius 1 is 0.938 bits per heavy atom. The van der Waals surface area contributed by atoms with Crippen LogP contribution >= 0.6 is 0 Å². The molecule has 2 aromatic rings. The molecule has 0 fully saturated rings. The van der Waals surface area contributed by atoms with Crippen molar-refractivity contribution < 1.29 is 28.7 Å². The van der Waals surface area contributed by atoms with Crippen LogP contribution in [0.4, 0.5) is 0 Å². The molecule has 1 aliphatic rings. The van der Waals surface area contributed by atoms with Gasteiger partial charge in [0.25, 0.3) is 17.7 Å². The van der Waals surface area contributed by atoms with Crippen molar-refractivity contribution in [1.29, 1.82) is 0 Å². The Bertz CT molecular complexity index is 965. The zero-order valence-corrected chi connectivity index (χ0v) is 18.1. The lowest BCUT2D eigenvalue weighted by Crippen LogP contribution is -2.31. The lowest BCUT2D eigenvalue weighted by molar-refractivity contribution is -0.142. The molecule has 0 atom stereocenters. The third-order valence-electron chi connectivity index (χ3n) is 4.80. The normalized spacial score (nSPS) is 12.7. The van der Waals surface area contributed by atoms with Crippen LogP contribution in [-0.2, 0) is 9.53 Å². The first-order chi connectivity index (χ1) is 15.4. The topological polar surface area (TPSA) is 102 Å². The van der Waals surface area contributed by atoms with E-state index in [1.54, 1.807) is 48.5 Å². The Hall–Kier alpha value is -3.68. The molecular formula is C24H26N2O6. The molecule has 1 aliphatic heterocycles. The maximum atomic E-state index is 12.3. The molecule has 1 N–H and O–H groups in total. The maximum absolute atomic E-state index is 12.3. The summed E-state index contributed by atoms with van der Waals surface area (Å²) in [6, 6.07) is 13.4. The number of hydrogen-bond donors (Lipinski definition) is 1. The third kappa shape index (κ3) is 5.72. The van der Waals surface area contributed by atoms with Gasteiger partial charge in [0.1, 0.15) is 12.3 Å². The van der Waals surface area contributed by atoms with E-state index in [2.05, 4.69) is 5.32 Å². The molecule has 0 unspecified atom stereocenters. The van der Waals surface area contributed by atoms with Gasteiger partial charge in [0.2, 0.25) is 0 Å². The fraction of sp³-hybridized carbons (Fsp3) is 0.333. The molecule has 0 saturated carbocycles. The maximum Gasteiger partial charge on any atom is 0.325 e. The molecule has 3 rings (SSSR count). The lowest BCUT2D eigenvalue weighted by Gasteiger charge is -2.13. The summed E-state index contributed by atoms with van der Waals surface area (Å²) in [6.07, 6.45) is 1.04. The molecule has 0 saturated heterocycles. The number of carbonyl (C=O) groups excluding carboxylic acids is 4. The van der Waals surface area contributed by atoms with Crippen molar-refractivity contribution >= 4 is 23.7 Å². The molecule has 3 amide bonds. The molecule has 0 aliphatic carbocycles. The third-order valence-corrected chi connectivity index (χ3v) is 4.80. The molecule has 8 nitrogen and oxygen atoms in total. The van der Waals surface area contributed by atoms with E-state index in [1.807, 2.05) is 13.8 Å². The number of amides is 3. The van der Waals surface area contributed by atoms with Crippen LogP contribution in [-0.4, -0.2) is 54.4 Å². The quantitative estimate of drug-likeness (QED) is 0.348. The average molecular weight is 438 g/mol. The highest BCUT2D eigenvalue weighted by atomic mass is 16.5. The summed E-state index contributed by atoms with van der Waals surface area (Å²) in [5.41, 5.74) is 1.25. The highest BCUT2D eigenvalue weighted by molar-refractivity contribution is 6.21. The molecule has 2 aromatic carbocycles. The molecule has 0 spiro atoms. The van der Waals surface area contributed by atoms with Crippen LogP contribution in [0, 0.1) is 0 Å². The summed E-state index contributed by atoms with van der Waals surface area (Å²) in [7, 11) is 0. The fourth-order valence-corrected chi connectivity index (χ4v) is 3.26. The smallest absolute Gasteiger partial charge is 0.325 e. The predicted octanol–water partition coefficient (Wildman–Crippen LogP) is 2.82. The summed E-state index contributed by atoms with van der Waals surface area (Å²) in [4.78, 5) is 49.8. The molecular weight excluding hydrogens is 412 g/mol. The van der Waals surface area contributed by atoms with Crippen molar-refractivity contribution in [2.75, 3.05) is 19.7 Å². The van der Waals surface area contributed by atoms with Crippen LogP contribution in [0.3, 0.4) is 0 Å². The molecule has 32 heavy (non-hydrogen) atoms. The monoisotopic (exact) mass is 438 g/mol. The Morgan fingerprint density at radius 3 is 2.16 bits per heavy atom. The van der Waals surface area contributed by atoms with E-state index in [9.17, 15) is 19.2 Å². The number of esters is 1. The van der Waals surface area contributed by atoms with Gasteiger partial charge in [-0.15, -0.1) is 0 Å². The zero-order chi connectivity index (χ0) is 23.1. The van der Waals surface area contributed by atoms with E-state index < -0.39 is 5.97 Å². The van der Waals surface area contributed by atoms with E-state index >= 15 is 0 Å². The summed E-state index contributed by atoms with van der Waals surface area (Å²) >= 11 is 0. The van der Waals surface area contributed by atoms with Gasteiger partial charge in [0.05, 0.1) is 23.8 Å². The van der Waals surface area contributed by atoms with Gasteiger partial charge in [-0.25, -0.2) is 0 Å². The first-order valence-electron chi connectivity index (χ1n) is 10.5. The number of unbranched alkanes of at least 4 members (excludes halogenated alkanes) is 1. The van der Waals surface area contributed by atoms with E-state index in [0.29, 0.717) is 35.3 Å². The average Bonchev–Trinajstić information content (AvgIpc) is 3.02. The number of hydrogen-bond acceptors (Lipinski definition) is 6. The van der Waals surface area contributed by atoms with Crippen molar-refractivity contribution in [1.82, 2.24) is 10.2 Å². The van der Waals surface area contributed by atoms with E-state index in [-0.39, 0.29) is 43.5 Å². The van der Waals surface area contributed by atoms with Crippen molar-refractivity contribution in [3.63, 3.8) is 0 Å². The van der Waals surface area contributed by atoms with Gasteiger partial charge >= 0.3 is 5.97 Å². The Morgan fingerprint density at radius 2 is 1.56 bits per heavy atom. The van der Waals surface area contributed by atoms with Crippen LogP contribution in [0.5, 0.6) is 5.75 Å². The number of nitrogens with zero attached hydrogens (tertiary/aromatic N) is 1. The molecule has 1 heterocycles. The zero-order valence-electron chi connectivity index (χ0n) is 18.1. The number of ether oxygens (including phenoxy) is 2. The van der Waals surface area contributed by atoms with Gasteiger partial charge in [0.15, 0.2) is 0 Å². The van der Waals surface area contributed by atoms with Gasteiger partial charge in [0, 0.05) is 12.1 Å². The number of imide groups is 1. The first kappa shape index (κ1) is 23.0. The Kier molecular flexibility index (Phi) is 7.59. The highest BCUT2D eigenvalue weighted by Crippen LogP contribution is 2.22. The van der Waals surface area contributed by atoms with Crippen LogP contribution in [0.1, 0.15) is 57.8 Å². The Labute approximate surface area is 186 Å². The van der Waals surface area contributed by atoms with Crippen molar-refractivity contribution in [2.45, 2.75) is 32.8 Å². The van der Waals surface area contributed by atoms with Gasteiger partial charge in [-0.1, -0.05) is 12.1 Å².